The highest BCUT2D eigenvalue weighted by atomic mass is 16.6. The number of amides is 1. The van der Waals surface area contributed by atoms with Gasteiger partial charge in [-0.1, -0.05) is 6.07 Å². The second-order valence-corrected chi connectivity index (χ2v) is 6.30. The van der Waals surface area contributed by atoms with Crippen molar-refractivity contribution in [3.63, 3.8) is 0 Å². The number of hydrogen-bond donors (Lipinski definition) is 1. The molecule has 1 aromatic carbocycles. The average molecular weight is 327 g/mol. The van der Waals surface area contributed by atoms with Crippen LogP contribution in [0, 0.1) is 0 Å². The van der Waals surface area contributed by atoms with Crippen molar-refractivity contribution < 1.29 is 14.3 Å². The summed E-state index contributed by atoms with van der Waals surface area (Å²) in [5.74, 6) is -0.0517. The lowest BCUT2D eigenvalue weighted by Gasteiger charge is -2.39. The largest absolute Gasteiger partial charge is 0.373 e. The van der Waals surface area contributed by atoms with E-state index in [2.05, 4.69) is 10.4 Å². The monoisotopic (exact) mass is 327 g/mol. The number of benzene rings is 1. The van der Waals surface area contributed by atoms with Crippen LogP contribution in [0.4, 0.5) is 0 Å². The SMILES string of the molecule is O=C(NC1CCC2OCCOC2C1)c1cccc(-n2cccn2)c1. The normalized spacial score (nSPS) is 26.6. The maximum absolute atomic E-state index is 12.6. The Morgan fingerprint density at radius 3 is 2.88 bits per heavy atom. The smallest absolute Gasteiger partial charge is 0.251 e. The van der Waals surface area contributed by atoms with Crippen LogP contribution in [0.5, 0.6) is 0 Å². The van der Waals surface area contributed by atoms with Gasteiger partial charge >= 0.3 is 0 Å². The molecule has 1 aromatic heterocycles. The van der Waals surface area contributed by atoms with Gasteiger partial charge in [-0.25, -0.2) is 4.68 Å². The number of carbonyl (C=O) groups is 1. The van der Waals surface area contributed by atoms with Crippen molar-refractivity contribution in [1.29, 1.82) is 0 Å². The number of rotatable bonds is 3. The number of nitrogens with zero attached hydrogens (tertiary/aromatic N) is 2. The zero-order valence-electron chi connectivity index (χ0n) is 13.4. The van der Waals surface area contributed by atoms with Crippen molar-refractivity contribution in [2.75, 3.05) is 13.2 Å². The molecule has 6 nitrogen and oxygen atoms in total. The van der Waals surface area contributed by atoms with Crippen LogP contribution in [0.2, 0.25) is 0 Å². The standard InChI is InChI=1S/C18H21N3O3/c22-18(13-3-1-4-15(11-13)21-8-2-7-19-21)20-14-5-6-16-17(12-14)24-10-9-23-16/h1-4,7-8,11,14,16-17H,5-6,9-10,12H2,(H,20,22). The minimum Gasteiger partial charge on any atom is -0.373 e. The molecule has 1 N–H and O–H groups in total. The Hall–Kier alpha value is -2.18. The first-order chi connectivity index (χ1) is 11.8. The maximum Gasteiger partial charge on any atom is 0.251 e. The fourth-order valence-corrected chi connectivity index (χ4v) is 3.48. The van der Waals surface area contributed by atoms with E-state index in [1.54, 1.807) is 10.9 Å². The van der Waals surface area contributed by atoms with Crippen molar-refractivity contribution >= 4 is 5.91 Å². The highest BCUT2D eigenvalue weighted by Gasteiger charge is 2.34. The third-order valence-corrected chi connectivity index (χ3v) is 4.69. The van der Waals surface area contributed by atoms with Crippen molar-refractivity contribution in [3.8, 4) is 5.69 Å². The molecule has 126 valence electrons. The molecular formula is C18H21N3O3. The first-order valence-corrected chi connectivity index (χ1v) is 8.44. The second-order valence-electron chi connectivity index (χ2n) is 6.30. The first kappa shape index (κ1) is 15.4. The second kappa shape index (κ2) is 6.75. The quantitative estimate of drug-likeness (QED) is 0.936. The number of carbonyl (C=O) groups excluding carboxylic acids is 1. The van der Waals surface area contributed by atoms with Crippen molar-refractivity contribution in [2.24, 2.45) is 0 Å². The van der Waals surface area contributed by atoms with Gasteiger partial charge in [0.1, 0.15) is 0 Å². The van der Waals surface area contributed by atoms with Crippen LogP contribution in [0.3, 0.4) is 0 Å². The predicted octanol–water partition coefficient (Wildman–Crippen LogP) is 1.94. The molecule has 24 heavy (non-hydrogen) atoms. The van der Waals surface area contributed by atoms with Gasteiger partial charge < -0.3 is 14.8 Å². The molecule has 2 aliphatic rings. The van der Waals surface area contributed by atoms with Gasteiger partial charge in [0.25, 0.3) is 5.91 Å². The molecule has 2 fully saturated rings. The molecular weight excluding hydrogens is 306 g/mol. The third-order valence-electron chi connectivity index (χ3n) is 4.69. The molecule has 2 heterocycles. The van der Waals surface area contributed by atoms with Crippen LogP contribution in [0.15, 0.2) is 42.7 Å². The lowest BCUT2D eigenvalue weighted by atomic mass is 9.89. The fraction of sp³-hybridized carbons (Fsp3) is 0.444. The summed E-state index contributed by atoms with van der Waals surface area (Å²) >= 11 is 0. The molecule has 4 rings (SSSR count). The Labute approximate surface area is 140 Å². The summed E-state index contributed by atoms with van der Waals surface area (Å²) in [4.78, 5) is 12.6. The van der Waals surface area contributed by atoms with E-state index in [-0.39, 0.29) is 24.2 Å². The van der Waals surface area contributed by atoms with Gasteiger partial charge in [-0.3, -0.25) is 4.79 Å². The molecule has 0 bridgehead atoms. The molecule has 0 spiro atoms. The van der Waals surface area contributed by atoms with Gasteiger partial charge in [0.2, 0.25) is 0 Å². The number of aromatic nitrogens is 2. The molecule has 3 atom stereocenters. The van der Waals surface area contributed by atoms with Gasteiger partial charge in [0.15, 0.2) is 0 Å². The zero-order chi connectivity index (χ0) is 16.4. The number of ether oxygens (including phenoxy) is 2. The fourth-order valence-electron chi connectivity index (χ4n) is 3.48. The van der Waals surface area contributed by atoms with Crippen LogP contribution >= 0.6 is 0 Å². The van der Waals surface area contributed by atoms with Crippen molar-refractivity contribution in [3.05, 3.63) is 48.3 Å². The van der Waals surface area contributed by atoms with Crippen LogP contribution in [0.1, 0.15) is 29.6 Å². The van der Waals surface area contributed by atoms with Crippen LogP contribution in [-0.4, -0.2) is 47.2 Å². The molecule has 6 heteroatoms. The highest BCUT2D eigenvalue weighted by Crippen LogP contribution is 2.27. The topological polar surface area (TPSA) is 65.4 Å². The number of hydrogen-bond acceptors (Lipinski definition) is 4. The summed E-state index contributed by atoms with van der Waals surface area (Å²) in [6.07, 6.45) is 6.55. The Morgan fingerprint density at radius 1 is 1.17 bits per heavy atom. The van der Waals surface area contributed by atoms with Gasteiger partial charge in [-0.15, -0.1) is 0 Å². The molecule has 0 radical (unpaired) electrons. The van der Waals surface area contributed by atoms with E-state index >= 15 is 0 Å². The van der Waals surface area contributed by atoms with Crippen LogP contribution in [0.25, 0.3) is 5.69 Å². The summed E-state index contributed by atoms with van der Waals surface area (Å²) in [5.41, 5.74) is 1.52. The minimum atomic E-state index is -0.0517. The van der Waals surface area contributed by atoms with E-state index in [1.807, 2.05) is 36.5 Å². The van der Waals surface area contributed by atoms with Gasteiger partial charge in [-0.2, -0.15) is 5.10 Å². The van der Waals surface area contributed by atoms with E-state index in [0.29, 0.717) is 18.8 Å². The average Bonchev–Trinajstić information content (AvgIpc) is 3.16. The maximum atomic E-state index is 12.6. The summed E-state index contributed by atoms with van der Waals surface area (Å²) in [5, 5.41) is 7.34. The molecule has 1 saturated heterocycles. The highest BCUT2D eigenvalue weighted by molar-refractivity contribution is 5.94. The minimum absolute atomic E-state index is 0.0517. The molecule has 2 aromatic rings. The first-order valence-electron chi connectivity index (χ1n) is 8.44. The summed E-state index contributed by atoms with van der Waals surface area (Å²) in [6, 6.07) is 9.48. The third kappa shape index (κ3) is 3.20. The van der Waals surface area contributed by atoms with E-state index in [4.69, 9.17) is 9.47 Å². The summed E-state index contributed by atoms with van der Waals surface area (Å²) < 4.78 is 13.3. The van der Waals surface area contributed by atoms with E-state index < -0.39 is 0 Å². The molecule has 3 unspecified atom stereocenters. The van der Waals surface area contributed by atoms with E-state index in [1.165, 1.54) is 0 Å². The summed E-state index contributed by atoms with van der Waals surface area (Å²) in [7, 11) is 0. The van der Waals surface area contributed by atoms with E-state index in [9.17, 15) is 4.79 Å². The molecule has 1 aliphatic heterocycles. The molecule has 1 saturated carbocycles. The Morgan fingerprint density at radius 2 is 2.04 bits per heavy atom. The van der Waals surface area contributed by atoms with Gasteiger partial charge in [0, 0.05) is 24.0 Å². The molecule has 1 aliphatic carbocycles. The lowest BCUT2D eigenvalue weighted by Crippen LogP contribution is -2.49. The summed E-state index contributed by atoms with van der Waals surface area (Å²) in [6.45, 7) is 1.33. The number of fused-ring (bicyclic) bond motifs is 1. The van der Waals surface area contributed by atoms with Crippen molar-refractivity contribution in [1.82, 2.24) is 15.1 Å². The Bertz CT molecular complexity index is 701. The number of nitrogens with one attached hydrogen (secondary N) is 1. The predicted molar refractivity (Wildman–Crippen MR) is 88.1 cm³/mol. The van der Waals surface area contributed by atoms with Gasteiger partial charge in [0.05, 0.1) is 31.1 Å². The Balaban J connectivity index is 1.42. The van der Waals surface area contributed by atoms with Crippen LogP contribution < -0.4 is 5.32 Å². The Kier molecular flexibility index (Phi) is 4.32. The lowest BCUT2D eigenvalue weighted by molar-refractivity contribution is -0.157. The zero-order valence-corrected chi connectivity index (χ0v) is 13.4. The van der Waals surface area contributed by atoms with Gasteiger partial charge in [-0.05, 0) is 43.5 Å². The van der Waals surface area contributed by atoms with E-state index in [0.717, 1.165) is 24.9 Å². The molecule has 1 amide bonds. The van der Waals surface area contributed by atoms with Crippen molar-refractivity contribution in [2.45, 2.75) is 37.5 Å². The van der Waals surface area contributed by atoms with Crippen LogP contribution in [-0.2, 0) is 9.47 Å².